The molecule has 3 heteroatoms. The minimum Gasteiger partial charge on any atom is -0.271 e. The van der Waals surface area contributed by atoms with Crippen LogP contribution in [-0.4, -0.2) is 4.98 Å². The summed E-state index contributed by atoms with van der Waals surface area (Å²) in [5, 5.41) is 2.43. The van der Waals surface area contributed by atoms with Crippen molar-refractivity contribution in [3.63, 3.8) is 0 Å². The van der Waals surface area contributed by atoms with Crippen LogP contribution >= 0.6 is 0 Å². The summed E-state index contributed by atoms with van der Waals surface area (Å²) in [6.07, 6.45) is 12.7. The standard InChI is InChI=1S/C18H27N3/c1-2-3-4-5-6-7-11-18(21-19)17-10-8-9-15-14-20-13-12-16(15)17/h8-10,12-14,18,21H,2-7,11,19H2,1H3. The molecular weight excluding hydrogens is 258 g/mol. The number of rotatable bonds is 9. The second-order valence-corrected chi connectivity index (χ2v) is 5.72. The van der Waals surface area contributed by atoms with E-state index in [1.807, 2.05) is 12.4 Å². The van der Waals surface area contributed by atoms with Gasteiger partial charge in [0.1, 0.15) is 0 Å². The largest absolute Gasteiger partial charge is 0.271 e. The Morgan fingerprint density at radius 1 is 1.10 bits per heavy atom. The van der Waals surface area contributed by atoms with E-state index in [2.05, 4.69) is 41.6 Å². The molecule has 3 N–H and O–H groups in total. The molecule has 3 nitrogen and oxygen atoms in total. The van der Waals surface area contributed by atoms with Crippen molar-refractivity contribution in [2.75, 3.05) is 0 Å². The lowest BCUT2D eigenvalue weighted by Gasteiger charge is -2.18. The van der Waals surface area contributed by atoms with E-state index in [1.54, 1.807) is 0 Å². The Balaban J connectivity index is 1.96. The van der Waals surface area contributed by atoms with E-state index in [0.717, 1.165) is 6.42 Å². The molecule has 0 aliphatic carbocycles. The van der Waals surface area contributed by atoms with Crippen molar-refractivity contribution in [1.82, 2.24) is 10.4 Å². The second-order valence-electron chi connectivity index (χ2n) is 5.72. The predicted octanol–water partition coefficient (Wildman–Crippen LogP) is 4.49. The summed E-state index contributed by atoms with van der Waals surface area (Å²) in [7, 11) is 0. The maximum absolute atomic E-state index is 5.79. The van der Waals surface area contributed by atoms with Crippen LogP contribution in [-0.2, 0) is 0 Å². The van der Waals surface area contributed by atoms with E-state index in [0.29, 0.717) is 0 Å². The van der Waals surface area contributed by atoms with Crippen molar-refractivity contribution in [3.8, 4) is 0 Å². The topological polar surface area (TPSA) is 50.9 Å². The van der Waals surface area contributed by atoms with Gasteiger partial charge in [-0.25, -0.2) is 0 Å². The van der Waals surface area contributed by atoms with Crippen LogP contribution in [0.5, 0.6) is 0 Å². The first-order chi connectivity index (χ1) is 10.4. The van der Waals surface area contributed by atoms with Gasteiger partial charge in [-0.1, -0.05) is 63.6 Å². The third-order valence-corrected chi connectivity index (χ3v) is 4.14. The predicted molar refractivity (Wildman–Crippen MR) is 89.8 cm³/mol. The van der Waals surface area contributed by atoms with Gasteiger partial charge in [0.25, 0.3) is 0 Å². The Morgan fingerprint density at radius 2 is 1.90 bits per heavy atom. The number of aromatic nitrogens is 1. The lowest BCUT2D eigenvalue weighted by molar-refractivity contribution is 0.479. The van der Waals surface area contributed by atoms with Gasteiger partial charge in [0.15, 0.2) is 0 Å². The highest BCUT2D eigenvalue weighted by Gasteiger charge is 2.12. The Bertz CT molecular complexity index is 533. The third-order valence-electron chi connectivity index (χ3n) is 4.14. The van der Waals surface area contributed by atoms with E-state index in [1.165, 1.54) is 54.9 Å². The number of nitrogens with two attached hydrogens (primary N) is 1. The quantitative estimate of drug-likeness (QED) is 0.405. The van der Waals surface area contributed by atoms with Crippen LogP contribution in [0.1, 0.15) is 63.5 Å². The average Bonchev–Trinajstić information content (AvgIpc) is 2.54. The summed E-state index contributed by atoms with van der Waals surface area (Å²) < 4.78 is 0. The molecule has 0 saturated carbocycles. The van der Waals surface area contributed by atoms with Crippen molar-refractivity contribution in [1.29, 1.82) is 0 Å². The van der Waals surface area contributed by atoms with E-state index >= 15 is 0 Å². The van der Waals surface area contributed by atoms with Crippen LogP contribution in [0.25, 0.3) is 10.8 Å². The molecule has 1 unspecified atom stereocenters. The third kappa shape index (κ3) is 4.51. The zero-order valence-electron chi connectivity index (χ0n) is 13.0. The Labute approximate surface area is 127 Å². The lowest BCUT2D eigenvalue weighted by atomic mass is 9.96. The molecule has 0 amide bonds. The van der Waals surface area contributed by atoms with Crippen LogP contribution < -0.4 is 11.3 Å². The number of hydrogen-bond acceptors (Lipinski definition) is 3. The molecule has 1 heterocycles. The van der Waals surface area contributed by atoms with Crippen LogP contribution in [0.4, 0.5) is 0 Å². The molecule has 0 saturated heterocycles. The first-order valence-corrected chi connectivity index (χ1v) is 8.15. The number of benzene rings is 1. The van der Waals surface area contributed by atoms with Gasteiger partial charge < -0.3 is 0 Å². The molecule has 0 spiro atoms. The van der Waals surface area contributed by atoms with Gasteiger partial charge in [0.05, 0.1) is 0 Å². The molecule has 1 aromatic carbocycles. The lowest BCUT2D eigenvalue weighted by Crippen LogP contribution is -2.28. The molecule has 1 atom stereocenters. The highest BCUT2D eigenvalue weighted by Crippen LogP contribution is 2.26. The molecule has 1 aromatic heterocycles. The number of nitrogens with zero attached hydrogens (tertiary/aromatic N) is 1. The Hall–Kier alpha value is -1.45. The van der Waals surface area contributed by atoms with Crippen LogP contribution in [0.3, 0.4) is 0 Å². The molecule has 2 aromatic rings. The van der Waals surface area contributed by atoms with Gasteiger partial charge in [0, 0.05) is 23.8 Å². The minimum absolute atomic E-state index is 0.224. The fraction of sp³-hybridized carbons (Fsp3) is 0.500. The molecule has 0 fully saturated rings. The molecule has 0 aliphatic rings. The number of nitrogens with one attached hydrogen (secondary N) is 1. The number of fused-ring (bicyclic) bond motifs is 1. The molecule has 21 heavy (non-hydrogen) atoms. The van der Waals surface area contributed by atoms with Gasteiger partial charge in [-0.15, -0.1) is 0 Å². The van der Waals surface area contributed by atoms with Crippen LogP contribution in [0, 0.1) is 0 Å². The van der Waals surface area contributed by atoms with Crippen molar-refractivity contribution in [2.45, 2.75) is 57.9 Å². The minimum atomic E-state index is 0.224. The van der Waals surface area contributed by atoms with Crippen molar-refractivity contribution in [3.05, 3.63) is 42.2 Å². The Morgan fingerprint density at radius 3 is 2.71 bits per heavy atom. The number of hydrogen-bond donors (Lipinski definition) is 2. The van der Waals surface area contributed by atoms with Gasteiger partial charge in [0.2, 0.25) is 0 Å². The zero-order chi connectivity index (χ0) is 14.9. The monoisotopic (exact) mass is 285 g/mol. The Kier molecular flexibility index (Phi) is 6.64. The molecular formula is C18H27N3. The maximum Gasteiger partial charge on any atom is 0.0466 e. The molecule has 0 radical (unpaired) electrons. The van der Waals surface area contributed by atoms with Crippen molar-refractivity contribution in [2.24, 2.45) is 5.84 Å². The average molecular weight is 285 g/mol. The molecule has 114 valence electrons. The highest BCUT2D eigenvalue weighted by atomic mass is 15.2. The van der Waals surface area contributed by atoms with Crippen LogP contribution in [0.2, 0.25) is 0 Å². The van der Waals surface area contributed by atoms with Gasteiger partial charge >= 0.3 is 0 Å². The van der Waals surface area contributed by atoms with E-state index in [-0.39, 0.29) is 6.04 Å². The second kappa shape index (κ2) is 8.75. The normalized spacial score (nSPS) is 12.7. The van der Waals surface area contributed by atoms with Crippen LogP contribution in [0.15, 0.2) is 36.7 Å². The smallest absolute Gasteiger partial charge is 0.0466 e. The summed E-state index contributed by atoms with van der Waals surface area (Å²) in [4.78, 5) is 4.19. The number of hydrazine groups is 1. The molecule has 2 rings (SSSR count). The summed E-state index contributed by atoms with van der Waals surface area (Å²) in [6.45, 7) is 2.25. The SMILES string of the molecule is CCCCCCCCC(NN)c1cccc2cnccc12. The fourth-order valence-corrected chi connectivity index (χ4v) is 2.91. The number of pyridine rings is 1. The summed E-state index contributed by atoms with van der Waals surface area (Å²) in [5.41, 5.74) is 4.28. The molecule has 0 aliphatic heterocycles. The first-order valence-electron chi connectivity index (χ1n) is 8.15. The summed E-state index contributed by atoms with van der Waals surface area (Å²) in [5.74, 6) is 5.79. The van der Waals surface area contributed by atoms with Gasteiger partial charge in [-0.3, -0.25) is 16.3 Å². The van der Waals surface area contributed by atoms with Crippen molar-refractivity contribution >= 4 is 10.8 Å². The van der Waals surface area contributed by atoms with Crippen molar-refractivity contribution < 1.29 is 0 Å². The highest BCUT2D eigenvalue weighted by molar-refractivity contribution is 5.85. The summed E-state index contributed by atoms with van der Waals surface area (Å²) in [6, 6.07) is 8.66. The fourth-order valence-electron chi connectivity index (χ4n) is 2.91. The van der Waals surface area contributed by atoms with E-state index in [4.69, 9.17) is 5.84 Å². The van der Waals surface area contributed by atoms with Gasteiger partial charge in [-0.05, 0) is 23.4 Å². The van der Waals surface area contributed by atoms with E-state index in [9.17, 15) is 0 Å². The molecule has 0 bridgehead atoms. The first kappa shape index (κ1) is 15.9. The maximum atomic E-state index is 5.79. The summed E-state index contributed by atoms with van der Waals surface area (Å²) >= 11 is 0. The number of unbranched alkanes of at least 4 members (excludes halogenated alkanes) is 5. The van der Waals surface area contributed by atoms with Gasteiger partial charge in [-0.2, -0.15) is 0 Å². The zero-order valence-corrected chi connectivity index (χ0v) is 13.0. The van der Waals surface area contributed by atoms with E-state index < -0.39 is 0 Å².